The quantitative estimate of drug-likeness (QED) is 0.124. The minimum atomic E-state index is -4.53. The second-order valence-electron chi connectivity index (χ2n) is 20.3. The predicted molar refractivity (Wildman–Crippen MR) is 267 cm³/mol. The molecule has 9 rings (SSSR count). The van der Waals surface area contributed by atoms with Gasteiger partial charge in [-0.3, -0.25) is 29.5 Å². The second kappa shape index (κ2) is 20.8. The van der Waals surface area contributed by atoms with Crippen LogP contribution in [0.5, 0.6) is 5.75 Å². The Bertz CT molecular complexity index is 2650. The first-order chi connectivity index (χ1) is 34.0. The molecule has 71 heavy (non-hydrogen) atoms. The number of nitrogens with one attached hydrogen (secondary N) is 2. The number of fused-ring (bicyclic) bond motifs is 1. The number of urea groups is 1. The first-order valence-electron chi connectivity index (χ1n) is 25.0. The van der Waals surface area contributed by atoms with Crippen molar-refractivity contribution in [3.05, 3.63) is 81.6 Å². The topological polar surface area (TPSA) is 170 Å². The Morgan fingerprint density at radius 2 is 1.55 bits per heavy atom. The molecule has 380 valence electrons. The molecule has 4 aromatic rings. The van der Waals surface area contributed by atoms with Gasteiger partial charge in [-0.25, -0.2) is 14.8 Å². The number of alkyl halides is 3. The highest BCUT2D eigenvalue weighted by atomic mass is 35.5. The molecule has 15 nitrogen and oxygen atoms in total. The number of ether oxygens (including phenoxy) is 1. The summed E-state index contributed by atoms with van der Waals surface area (Å²) in [7, 11) is 1.64. The molecule has 5 amide bonds. The number of methoxy groups -OCH3 is 1. The second-order valence-corrected chi connectivity index (χ2v) is 20.7. The molecule has 0 unspecified atom stereocenters. The van der Waals surface area contributed by atoms with Crippen molar-refractivity contribution in [1.82, 2.24) is 34.9 Å². The van der Waals surface area contributed by atoms with E-state index in [2.05, 4.69) is 35.3 Å². The van der Waals surface area contributed by atoms with Gasteiger partial charge in [-0.15, -0.1) is 0 Å². The van der Waals surface area contributed by atoms with E-state index in [4.69, 9.17) is 22.1 Å². The van der Waals surface area contributed by atoms with Crippen LogP contribution in [0.3, 0.4) is 0 Å². The number of halogens is 4. The summed E-state index contributed by atoms with van der Waals surface area (Å²) in [5.74, 6) is 1.68. The number of anilines is 3. The van der Waals surface area contributed by atoms with Crippen LogP contribution in [-0.4, -0.2) is 132 Å². The van der Waals surface area contributed by atoms with Crippen LogP contribution in [0.4, 0.5) is 35.2 Å². The molecule has 1 saturated carbocycles. The van der Waals surface area contributed by atoms with Gasteiger partial charge in [0.25, 0.3) is 5.91 Å². The molecule has 5 aliphatic rings. The fraction of sp³-hybridized carbons (Fsp3) is 0.538. The Morgan fingerprint density at radius 1 is 0.873 bits per heavy atom. The van der Waals surface area contributed by atoms with Crippen molar-refractivity contribution in [2.24, 2.45) is 11.3 Å². The number of amides is 5. The number of aromatic nitrogens is 2. The van der Waals surface area contributed by atoms with Crippen LogP contribution >= 0.6 is 11.6 Å². The highest BCUT2D eigenvalue weighted by Crippen LogP contribution is 2.44. The molecule has 1 aromatic heterocycles. The fourth-order valence-corrected chi connectivity index (χ4v) is 11.6. The van der Waals surface area contributed by atoms with Crippen LogP contribution in [0, 0.1) is 18.3 Å². The van der Waals surface area contributed by atoms with Gasteiger partial charge in [-0.1, -0.05) is 11.6 Å². The van der Waals surface area contributed by atoms with Crippen LogP contribution in [0.15, 0.2) is 48.5 Å². The number of nitrogens with zero attached hydrogens (tertiary/aromatic N) is 7. The van der Waals surface area contributed by atoms with Crippen LogP contribution in [-0.2, 0) is 15.8 Å². The van der Waals surface area contributed by atoms with Crippen molar-refractivity contribution in [3.8, 4) is 5.75 Å². The van der Waals surface area contributed by atoms with Gasteiger partial charge in [-0.05, 0) is 143 Å². The van der Waals surface area contributed by atoms with Crippen molar-refractivity contribution < 1.29 is 37.1 Å². The van der Waals surface area contributed by atoms with Gasteiger partial charge in [0.1, 0.15) is 17.4 Å². The number of piperidine rings is 2. The highest BCUT2D eigenvalue weighted by Gasteiger charge is 2.40. The van der Waals surface area contributed by atoms with Crippen LogP contribution < -0.4 is 26.0 Å². The van der Waals surface area contributed by atoms with Gasteiger partial charge >= 0.3 is 12.2 Å². The molecule has 19 heteroatoms. The van der Waals surface area contributed by atoms with E-state index in [-0.39, 0.29) is 53.6 Å². The van der Waals surface area contributed by atoms with E-state index in [1.807, 2.05) is 17.0 Å². The van der Waals surface area contributed by atoms with Crippen molar-refractivity contribution in [2.45, 2.75) is 89.8 Å². The lowest BCUT2D eigenvalue weighted by Gasteiger charge is -2.47. The van der Waals surface area contributed by atoms with Gasteiger partial charge in [0, 0.05) is 93.9 Å². The number of piperazine rings is 1. The van der Waals surface area contributed by atoms with Crippen LogP contribution in [0.2, 0.25) is 5.02 Å². The number of carbonyl (C=O) groups is 4. The molecule has 3 aromatic carbocycles. The third-order valence-corrected chi connectivity index (χ3v) is 16.1. The van der Waals surface area contributed by atoms with Gasteiger partial charge < -0.3 is 30.5 Å². The minimum Gasteiger partial charge on any atom is -0.496 e. The lowest BCUT2D eigenvalue weighted by molar-refractivity contribution is -0.139. The van der Waals surface area contributed by atoms with Crippen molar-refractivity contribution >= 4 is 63.4 Å². The number of benzene rings is 3. The molecular weight excluding hydrogens is 937 g/mol. The summed E-state index contributed by atoms with van der Waals surface area (Å²) in [5, 5.41) is 6.74. The lowest BCUT2D eigenvalue weighted by atomic mass is 9.71. The smallest absolute Gasteiger partial charge is 0.416 e. The normalized spacial score (nSPS) is 21.9. The summed E-state index contributed by atoms with van der Waals surface area (Å²) in [6.45, 7) is 12.3. The monoisotopic (exact) mass is 1000 g/mol. The Balaban J connectivity index is 0.718. The Morgan fingerprint density at radius 3 is 2.21 bits per heavy atom. The molecular formula is C52H64ClF3N10O5. The number of aryl methyl sites for hydroxylation is 1. The summed E-state index contributed by atoms with van der Waals surface area (Å²) in [4.78, 5) is 71.5. The van der Waals surface area contributed by atoms with Crippen molar-refractivity contribution in [2.75, 3.05) is 95.1 Å². The maximum absolute atomic E-state index is 13.9. The van der Waals surface area contributed by atoms with Crippen LogP contribution in [0.25, 0.3) is 10.9 Å². The highest BCUT2D eigenvalue weighted by molar-refractivity contribution is 6.34. The zero-order valence-electron chi connectivity index (χ0n) is 40.8. The van der Waals surface area contributed by atoms with E-state index in [1.165, 1.54) is 11.0 Å². The maximum atomic E-state index is 13.9. The standard InChI is InChI=1S/C52H64ClF3N10O5/c1-32(37-26-38(52(54,55)56)29-39(57)27-37)58-47-41-30-40(45(71-3)31-43(41)59-33(2)60-47)34-4-6-35(7-5-34)48(68)65-24-22-63(23-25-65)21-20-62-16-11-51(12-17-62)13-18-64(19-14-51)49(69)36-8-9-42(53)44(28-36)66-15-10-46(67)61-50(66)70/h8-9,26-32,34-35H,4-7,10-25,57H2,1-3H3,(H,58,59,60)(H,61,67,70)/t32-,34?,35?/m1/s1. The lowest BCUT2D eigenvalue weighted by Crippen LogP contribution is -2.53. The largest absolute Gasteiger partial charge is 0.496 e. The van der Waals surface area contributed by atoms with Crippen molar-refractivity contribution in [3.63, 3.8) is 0 Å². The molecule has 1 aliphatic carbocycles. The Hall–Kier alpha value is -5.72. The summed E-state index contributed by atoms with van der Waals surface area (Å²) in [5.41, 5.74) is 8.31. The molecule has 1 spiro atoms. The SMILES string of the molecule is COc1cc2nc(C)nc(N[C@H](C)c3cc(N)cc(C(F)(F)F)c3)c2cc1C1CCC(C(=O)N2CCN(CCN3CCC4(CC3)CCN(C(=O)c3ccc(Cl)c(N5CCC(=O)NC5=O)c3)CC4)CC2)CC1. The molecule has 5 heterocycles. The van der Waals surface area contributed by atoms with E-state index in [0.29, 0.717) is 57.8 Å². The first-order valence-corrected chi connectivity index (χ1v) is 25.4. The van der Waals surface area contributed by atoms with Crippen molar-refractivity contribution in [1.29, 1.82) is 0 Å². The summed E-state index contributed by atoms with van der Waals surface area (Å²) >= 11 is 6.44. The number of rotatable bonds is 11. The fourth-order valence-electron chi connectivity index (χ4n) is 11.4. The summed E-state index contributed by atoms with van der Waals surface area (Å²) in [6, 6.07) is 11.4. The number of hydrogen-bond acceptors (Lipinski definition) is 11. The van der Waals surface area contributed by atoms with Crippen LogP contribution in [0.1, 0.15) is 110 Å². The number of imide groups is 1. The average molecular weight is 1000 g/mol. The molecule has 5 fully saturated rings. The molecule has 4 aliphatic heterocycles. The number of likely N-dealkylation sites (tertiary alicyclic amines) is 2. The molecule has 0 bridgehead atoms. The average Bonchev–Trinajstić information content (AvgIpc) is 3.35. The van der Waals surface area contributed by atoms with E-state index in [9.17, 15) is 32.3 Å². The third kappa shape index (κ3) is 11.2. The molecule has 1 atom stereocenters. The molecule has 4 saturated heterocycles. The van der Waals surface area contributed by atoms with Gasteiger partial charge in [0.15, 0.2) is 0 Å². The molecule has 4 N–H and O–H groups in total. The summed E-state index contributed by atoms with van der Waals surface area (Å²) < 4.78 is 46.8. The number of nitrogens with two attached hydrogens (primary N) is 1. The van der Waals surface area contributed by atoms with E-state index in [0.717, 1.165) is 127 Å². The van der Waals surface area contributed by atoms with E-state index in [1.54, 1.807) is 39.2 Å². The Kier molecular flexibility index (Phi) is 14.7. The zero-order chi connectivity index (χ0) is 50.2. The van der Waals surface area contributed by atoms with Gasteiger partial charge in [-0.2, -0.15) is 13.2 Å². The number of nitrogen functional groups attached to an aromatic ring is 1. The predicted octanol–water partition coefficient (Wildman–Crippen LogP) is 8.26. The minimum absolute atomic E-state index is 0.0317. The summed E-state index contributed by atoms with van der Waals surface area (Å²) in [6.07, 6.45) is 2.95. The van der Waals surface area contributed by atoms with E-state index < -0.39 is 23.8 Å². The number of carbonyl (C=O) groups excluding carboxylic acids is 4. The van der Waals surface area contributed by atoms with E-state index >= 15 is 0 Å². The Labute approximate surface area is 417 Å². The maximum Gasteiger partial charge on any atom is 0.416 e. The van der Waals surface area contributed by atoms with Gasteiger partial charge in [0.05, 0.1) is 34.9 Å². The number of hydrogen-bond donors (Lipinski definition) is 3. The van der Waals surface area contributed by atoms with Gasteiger partial charge in [0.2, 0.25) is 11.8 Å². The molecule has 0 radical (unpaired) electrons. The zero-order valence-corrected chi connectivity index (χ0v) is 41.5. The third-order valence-electron chi connectivity index (χ3n) is 15.8. The first kappa shape index (κ1) is 50.2.